The molecule has 58 heavy (non-hydrogen) atoms. The molecule has 1 fully saturated rings. The highest BCUT2D eigenvalue weighted by Gasteiger charge is 2.44. The van der Waals surface area contributed by atoms with E-state index in [1.165, 1.54) is 16.9 Å². The van der Waals surface area contributed by atoms with Crippen LogP contribution < -0.4 is 16.0 Å². The first-order chi connectivity index (χ1) is 27.7. The number of likely N-dealkylation sites (tertiary alicyclic amines) is 1. The van der Waals surface area contributed by atoms with Crippen molar-refractivity contribution in [3.63, 3.8) is 0 Å². The number of rotatable bonds is 19. The summed E-state index contributed by atoms with van der Waals surface area (Å²) in [6.45, 7) is 7.32. The fourth-order valence-electron chi connectivity index (χ4n) is 6.68. The van der Waals surface area contributed by atoms with E-state index in [-0.39, 0.29) is 39.0 Å². The average molecular weight is 800 g/mol. The molecular formula is C44H57N5O9. The monoisotopic (exact) mass is 799 g/mol. The molecule has 4 rings (SSSR count). The highest BCUT2D eigenvalue weighted by molar-refractivity contribution is 5.95. The normalized spacial score (nSPS) is 16.1. The molecule has 3 aromatic rings. The minimum absolute atomic E-state index is 0.119. The minimum atomic E-state index is -1.09. The Kier molecular flexibility index (Phi) is 17.1. The number of unbranched alkanes of at least 4 members (excludes halogenated alkanes) is 1. The lowest BCUT2D eigenvalue weighted by atomic mass is 10.0. The molecule has 1 saturated heterocycles. The highest BCUT2D eigenvalue weighted by atomic mass is 16.6. The summed E-state index contributed by atoms with van der Waals surface area (Å²) in [4.78, 5) is 82.6. The number of hydrogen-bond acceptors (Lipinski definition) is 9. The van der Waals surface area contributed by atoms with Crippen LogP contribution in [0.3, 0.4) is 0 Å². The van der Waals surface area contributed by atoms with Gasteiger partial charge in [0.25, 0.3) is 0 Å². The Bertz CT molecular complexity index is 1800. The zero-order chi connectivity index (χ0) is 42.1. The number of carbonyl (C=O) groups is 6. The van der Waals surface area contributed by atoms with Crippen molar-refractivity contribution in [2.45, 2.75) is 103 Å². The van der Waals surface area contributed by atoms with Crippen LogP contribution >= 0.6 is 0 Å². The molecule has 0 aromatic heterocycles. The number of alkyl carbamates (subject to hydrolysis) is 1. The predicted molar refractivity (Wildman–Crippen MR) is 217 cm³/mol. The summed E-state index contributed by atoms with van der Waals surface area (Å²) in [5, 5.41) is 8.33. The number of nitrogens with one attached hydrogen (secondary N) is 3. The van der Waals surface area contributed by atoms with Crippen LogP contribution in [0, 0.1) is 0 Å². The molecule has 14 nitrogen and oxygen atoms in total. The molecule has 1 heterocycles. The number of hydrogen-bond donors (Lipinski definition) is 3. The van der Waals surface area contributed by atoms with Gasteiger partial charge in [-0.3, -0.25) is 19.3 Å². The first-order valence-electron chi connectivity index (χ1n) is 19.7. The van der Waals surface area contributed by atoms with Crippen molar-refractivity contribution in [2.75, 3.05) is 26.7 Å². The Balaban J connectivity index is 1.38. The Hall–Kier alpha value is -5.92. The molecule has 3 aromatic carbocycles. The molecule has 0 radical (unpaired) electrons. The summed E-state index contributed by atoms with van der Waals surface area (Å²) < 4.78 is 15.9. The lowest BCUT2D eigenvalue weighted by molar-refractivity contribution is -0.153. The molecule has 1 aliphatic heterocycles. The van der Waals surface area contributed by atoms with Gasteiger partial charge in [-0.05, 0) is 76.5 Å². The second-order valence-corrected chi connectivity index (χ2v) is 15.4. The maximum atomic E-state index is 14.0. The second-order valence-electron chi connectivity index (χ2n) is 15.4. The van der Waals surface area contributed by atoms with E-state index in [2.05, 4.69) is 16.0 Å². The van der Waals surface area contributed by atoms with Crippen LogP contribution in [0.25, 0.3) is 0 Å². The number of nitrogens with zero attached hydrogens (tertiary/aromatic N) is 2. The largest absolute Gasteiger partial charge is 0.467 e. The summed E-state index contributed by atoms with van der Waals surface area (Å²) in [7, 11) is 1.26. The number of carbonyl (C=O) groups excluding carboxylic acids is 6. The summed E-state index contributed by atoms with van der Waals surface area (Å²) in [5.41, 5.74) is 1.82. The highest BCUT2D eigenvalue weighted by Crippen LogP contribution is 2.25. The molecule has 0 aliphatic carbocycles. The first-order valence-corrected chi connectivity index (χ1v) is 19.7. The summed E-state index contributed by atoms with van der Waals surface area (Å²) in [6, 6.07) is 24.6. The number of methoxy groups -OCH3 is 1. The van der Waals surface area contributed by atoms with E-state index in [0.717, 1.165) is 16.7 Å². The van der Waals surface area contributed by atoms with Gasteiger partial charge >= 0.3 is 18.2 Å². The summed E-state index contributed by atoms with van der Waals surface area (Å²) in [5.74, 6) is -2.19. The fraction of sp³-hybridized carbons (Fsp3) is 0.455. The van der Waals surface area contributed by atoms with Gasteiger partial charge in [-0.25, -0.2) is 14.4 Å². The van der Waals surface area contributed by atoms with Gasteiger partial charge in [0.15, 0.2) is 0 Å². The smallest absolute Gasteiger partial charge is 0.410 e. The molecule has 3 N–H and O–H groups in total. The standard InChI is InChI=1S/C44H57N5O9/c1-31-27-36(40(52)49(31)37(41(53)56-5)23-15-16-25-45-42(54)57-30-34-21-13-8-14-22-34)47-39(51)35(28-33-19-11-7-12-20-33)46-38(50)29-48(43(55)58-44(2,3)4)26-24-32-17-9-6-10-18-32/h6-14,17-22,31,35-37H,15-16,23-30H2,1-5H3,(H,45,54)(H,46,50)(H,47,51)/t31?,35?,36-,37-/m1/s1. The van der Waals surface area contributed by atoms with Gasteiger partial charge in [0.2, 0.25) is 17.7 Å². The summed E-state index contributed by atoms with van der Waals surface area (Å²) in [6.07, 6.45) is 0.888. The Morgan fingerprint density at radius 2 is 1.47 bits per heavy atom. The Labute approximate surface area is 341 Å². The predicted octanol–water partition coefficient (Wildman–Crippen LogP) is 4.94. The van der Waals surface area contributed by atoms with E-state index in [4.69, 9.17) is 14.2 Å². The Morgan fingerprint density at radius 1 is 0.862 bits per heavy atom. The van der Waals surface area contributed by atoms with Crippen molar-refractivity contribution in [2.24, 2.45) is 0 Å². The first kappa shape index (κ1) is 44.8. The number of esters is 1. The van der Waals surface area contributed by atoms with Crippen molar-refractivity contribution in [3.05, 3.63) is 108 Å². The van der Waals surface area contributed by atoms with E-state index in [1.54, 1.807) is 27.7 Å². The van der Waals surface area contributed by atoms with Crippen LogP contribution in [-0.2, 0) is 52.8 Å². The maximum absolute atomic E-state index is 14.0. The number of ether oxygens (including phenoxy) is 3. The molecule has 1 aliphatic rings. The van der Waals surface area contributed by atoms with Gasteiger partial charge in [0.05, 0.1) is 7.11 Å². The van der Waals surface area contributed by atoms with Gasteiger partial charge in [0, 0.05) is 25.6 Å². The van der Waals surface area contributed by atoms with Crippen molar-refractivity contribution in [1.82, 2.24) is 25.8 Å². The Morgan fingerprint density at radius 3 is 2.07 bits per heavy atom. The van der Waals surface area contributed by atoms with Gasteiger partial charge in [-0.1, -0.05) is 91.0 Å². The van der Waals surface area contributed by atoms with Crippen LogP contribution in [0.1, 0.15) is 70.1 Å². The van der Waals surface area contributed by atoms with Crippen LogP contribution in [-0.4, -0.2) is 102 Å². The van der Waals surface area contributed by atoms with Crippen LogP contribution in [0.2, 0.25) is 0 Å². The van der Waals surface area contributed by atoms with Gasteiger partial charge in [-0.15, -0.1) is 0 Å². The van der Waals surface area contributed by atoms with Crippen molar-refractivity contribution in [1.29, 1.82) is 0 Å². The van der Waals surface area contributed by atoms with Crippen molar-refractivity contribution < 1.29 is 43.0 Å². The van der Waals surface area contributed by atoms with Crippen LogP contribution in [0.5, 0.6) is 0 Å². The van der Waals surface area contributed by atoms with Gasteiger partial charge < -0.3 is 35.1 Å². The molecule has 0 bridgehead atoms. The third-order valence-corrected chi connectivity index (χ3v) is 9.55. The quantitative estimate of drug-likeness (QED) is 0.0863. The molecule has 312 valence electrons. The minimum Gasteiger partial charge on any atom is -0.467 e. The third kappa shape index (κ3) is 14.5. The average Bonchev–Trinajstić information content (AvgIpc) is 3.47. The number of benzene rings is 3. The van der Waals surface area contributed by atoms with Crippen LogP contribution in [0.4, 0.5) is 9.59 Å². The lowest BCUT2D eigenvalue weighted by Crippen LogP contribution is -2.55. The zero-order valence-electron chi connectivity index (χ0n) is 34.1. The summed E-state index contributed by atoms with van der Waals surface area (Å²) >= 11 is 0. The fourth-order valence-corrected chi connectivity index (χ4v) is 6.68. The van der Waals surface area contributed by atoms with Gasteiger partial charge in [-0.2, -0.15) is 0 Å². The van der Waals surface area contributed by atoms with E-state index in [9.17, 15) is 28.8 Å². The van der Waals surface area contributed by atoms with Gasteiger partial charge in [0.1, 0.15) is 36.9 Å². The zero-order valence-corrected chi connectivity index (χ0v) is 34.1. The van der Waals surface area contributed by atoms with E-state index in [1.807, 2.05) is 91.0 Å². The molecule has 4 atom stereocenters. The molecule has 2 unspecified atom stereocenters. The lowest BCUT2D eigenvalue weighted by Gasteiger charge is -2.30. The molecule has 0 spiro atoms. The van der Waals surface area contributed by atoms with Crippen molar-refractivity contribution in [3.8, 4) is 0 Å². The van der Waals surface area contributed by atoms with E-state index < -0.39 is 65.6 Å². The van der Waals surface area contributed by atoms with E-state index >= 15 is 0 Å². The maximum Gasteiger partial charge on any atom is 0.410 e. The van der Waals surface area contributed by atoms with Crippen molar-refractivity contribution >= 4 is 35.9 Å². The van der Waals surface area contributed by atoms with Crippen LogP contribution in [0.15, 0.2) is 91.0 Å². The molecule has 0 saturated carbocycles. The second kappa shape index (κ2) is 22.1. The molecule has 5 amide bonds. The SMILES string of the molecule is COC(=O)[C@@H](CCCCNC(=O)OCc1ccccc1)N1C(=O)[C@H](NC(=O)C(Cc2ccccc2)NC(=O)CN(CCc2ccccc2)C(=O)OC(C)(C)C)CC1C. The molecular weight excluding hydrogens is 743 g/mol. The number of amides is 5. The topological polar surface area (TPSA) is 173 Å². The molecule has 14 heteroatoms. The van der Waals surface area contributed by atoms with E-state index in [0.29, 0.717) is 25.8 Å². The third-order valence-electron chi connectivity index (χ3n) is 9.55.